The summed E-state index contributed by atoms with van der Waals surface area (Å²) in [6, 6.07) is 10.5. The van der Waals surface area contributed by atoms with E-state index in [-0.39, 0.29) is 0 Å². The van der Waals surface area contributed by atoms with Crippen LogP contribution in [0.2, 0.25) is 0 Å². The summed E-state index contributed by atoms with van der Waals surface area (Å²) in [7, 11) is 0. The van der Waals surface area contributed by atoms with Crippen molar-refractivity contribution in [1.82, 2.24) is 5.32 Å². The summed E-state index contributed by atoms with van der Waals surface area (Å²) in [6.45, 7) is 7.59. The molecule has 0 saturated carbocycles. The Bertz CT molecular complexity index is 320. The van der Waals surface area contributed by atoms with E-state index in [1.807, 2.05) is 37.3 Å². The minimum absolute atomic E-state index is 0.489. The van der Waals surface area contributed by atoms with Crippen LogP contribution < -0.4 is 5.32 Å². The maximum Gasteiger partial charge on any atom is 0.129 e. The Morgan fingerprint density at radius 3 is 2.62 bits per heavy atom. The summed E-state index contributed by atoms with van der Waals surface area (Å²) in [5, 5.41) is 7.33. The van der Waals surface area contributed by atoms with Gasteiger partial charge in [0.05, 0.1) is 5.71 Å². The Labute approximate surface area is 97.5 Å². The first-order chi connectivity index (χ1) is 7.70. The Balaban J connectivity index is 2.29. The number of oxime groups is 1. The van der Waals surface area contributed by atoms with Gasteiger partial charge in [0.1, 0.15) is 6.61 Å². The molecule has 16 heavy (non-hydrogen) atoms. The highest BCUT2D eigenvalue weighted by atomic mass is 16.6. The fraction of sp³-hybridized carbons (Fsp3) is 0.462. The molecule has 0 aromatic heterocycles. The van der Waals surface area contributed by atoms with Gasteiger partial charge in [-0.25, -0.2) is 0 Å². The van der Waals surface area contributed by atoms with E-state index >= 15 is 0 Å². The van der Waals surface area contributed by atoms with Crippen molar-refractivity contribution in [3.8, 4) is 0 Å². The highest BCUT2D eigenvalue weighted by molar-refractivity contribution is 5.98. The highest BCUT2D eigenvalue weighted by Crippen LogP contribution is 2.00. The molecule has 1 aromatic rings. The lowest BCUT2D eigenvalue weighted by Crippen LogP contribution is -2.26. The van der Waals surface area contributed by atoms with Gasteiger partial charge >= 0.3 is 0 Å². The van der Waals surface area contributed by atoms with Gasteiger partial charge in [-0.15, -0.1) is 0 Å². The molecule has 0 radical (unpaired) electrons. The van der Waals surface area contributed by atoms with Crippen LogP contribution in [0.15, 0.2) is 35.5 Å². The van der Waals surface area contributed by atoms with Crippen molar-refractivity contribution in [3.63, 3.8) is 0 Å². The van der Waals surface area contributed by atoms with Gasteiger partial charge in [0, 0.05) is 12.6 Å². The molecule has 3 heteroatoms. The van der Waals surface area contributed by atoms with Crippen LogP contribution in [0.3, 0.4) is 0 Å². The van der Waals surface area contributed by atoms with E-state index in [0.717, 1.165) is 17.8 Å². The van der Waals surface area contributed by atoms with E-state index in [1.54, 1.807) is 0 Å². The number of hydrogen-bond donors (Lipinski definition) is 1. The molecule has 0 bridgehead atoms. The molecule has 1 aromatic carbocycles. The summed E-state index contributed by atoms with van der Waals surface area (Å²) in [5.41, 5.74) is 2.00. The minimum atomic E-state index is 0.489. The number of nitrogens with one attached hydrogen (secondary N) is 1. The van der Waals surface area contributed by atoms with Gasteiger partial charge in [-0.1, -0.05) is 49.3 Å². The lowest BCUT2D eigenvalue weighted by atomic mass is 10.1. The predicted octanol–water partition coefficient (Wildman–Crippen LogP) is 2.43. The molecule has 1 N–H and O–H groups in total. The SMILES string of the molecule is C/C(=N\OCCNC(C)C)c1ccccc1. The van der Waals surface area contributed by atoms with Crippen molar-refractivity contribution in [2.75, 3.05) is 13.2 Å². The van der Waals surface area contributed by atoms with E-state index < -0.39 is 0 Å². The summed E-state index contributed by atoms with van der Waals surface area (Å²) in [4.78, 5) is 5.23. The average Bonchev–Trinajstić information content (AvgIpc) is 2.29. The van der Waals surface area contributed by atoms with E-state index in [0.29, 0.717) is 12.6 Å². The second-order valence-electron chi connectivity index (χ2n) is 3.98. The largest absolute Gasteiger partial charge is 0.394 e. The van der Waals surface area contributed by atoms with E-state index in [1.165, 1.54) is 0 Å². The molecule has 0 unspecified atom stereocenters. The maximum absolute atomic E-state index is 5.23. The van der Waals surface area contributed by atoms with Crippen molar-refractivity contribution in [2.24, 2.45) is 5.16 Å². The zero-order valence-electron chi connectivity index (χ0n) is 10.2. The molecule has 0 heterocycles. The number of hydrogen-bond acceptors (Lipinski definition) is 3. The van der Waals surface area contributed by atoms with Crippen molar-refractivity contribution in [1.29, 1.82) is 0 Å². The van der Waals surface area contributed by atoms with Crippen molar-refractivity contribution in [2.45, 2.75) is 26.8 Å². The van der Waals surface area contributed by atoms with Crippen molar-refractivity contribution >= 4 is 5.71 Å². The molecule has 0 saturated heterocycles. The molecule has 0 aliphatic rings. The molecule has 0 atom stereocenters. The third-order valence-electron chi connectivity index (χ3n) is 2.14. The van der Waals surface area contributed by atoms with E-state index in [4.69, 9.17) is 4.84 Å². The van der Waals surface area contributed by atoms with Gasteiger partial charge in [-0.3, -0.25) is 0 Å². The Morgan fingerprint density at radius 2 is 2.00 bits per heavy atom. The first-order valence-electron chi connectivity index (χ1n) is 5.65. The quantitative estimate of drug-likeness (QED) is 0.454. The molecular formula is C13H20N2O. The first-order valence-corrected chi connectivity index (χ1v) is 5.65. The summed E-state index contributed by atoms with van der Waals surface area (Å²) in [5.74, 6) is 0. The molecular weight excluding hydrogens is 200 g/mol. The lowest BCUT2D eigenvalue weighted by Gasteiger charge is -2.06. The van der Waals surface area contributed by atoms with Gasteiger partial charge in [0.2, 0.25) is 0 Å². The maximum atomic E-state index is 5.23. The normalized spacial score (nSPS) is 11.9. The van der Waals surface area contributed by atoms with Gasteiger partial charge < -0.3 is 10.2 Å². The minimum Gasteiger partial charge on any atom is -0.394 e. The second kappa shape index (κ2) is 7.01. The zero-order valence-corrected chi connectivity index (χ0v) is 10.2. The Kier molecular flexibility index (Phi) is 5.57. The van der Waals surface area contributed by atoms with E-state index in [9.17, 15) is 0 Å². The van der Waals surface area contributed by atoms with Crippen LogP contribution in [0.5, 0.6) is 0 Å². The highest BCUT2D eigenvalue weighted by Gasteiger charge is 1.96. The fourth-order valence-electron chi connectivity index (χ4n) is 1.27. The summed E-state index contributed by atoms with van der Waals surface area (Å²) >= 11 is 0. The van der Waals surface area contributed by atoms with Gasteiger partial charge in [0.15, 0.2) is 0 Å². The molecule has 0 aliphatic carbocycles. The molecule has 0 amide bonds. The van der Waals surface area contributed by atoms with Crippen LogP contribution in [0.25, 0.3) is 0 Å². The van der Waals surface area contributed by atoms with Crippen molar-refractivity contribution in [3.05, 3.63) is 35.9 Å². The molecule has 0 fully saturated rings. The standard InChI is InChI=1S/C13H20N2O/c1-11(2)14-9-10-16-15-12(3)13-7-5-4-6-8-13/h4-8,11,14H,9-10H2,1-3H3/b15-12+. The van der Waals surface area contributed by atoms with Crippen LogP contribution in [0.4, 0.5) is 0 Å². The van der Waals surface area contributed by atoms with Crippen LogP contribution >= 0.6 is 0 Å². The molecule has 88 valence electrons. The topological polar surface area (TPSA) is 33.6 Å². The van der Waals surface area contributed by atoms with Crippen LogP contribution in [0, 0.1) is 0 Å². The van der Waals surface area contributed by atoms with Crippen LogP contribution in [-0.2, 0) is 4.84 Å². The lowest BCUT2D eigenvalue weighted by molar-refractivity contribution is 0.144. The van der Waals surface area contributed by atoms with Crippen molar-refractivity contribution < 1.29 is 4.84 Å². The molecule has 1 rings (SSSR count). The Morgan fingerprint density at radius 1 is 1.31 bits per heavy atom. The fourth-order valence-corrected chi connectivity index (χ4v) is 1.27. The number of rotatable bonds is 6. The monoisotopic (exact) mass is 220 g/mol. The van der Waals surface area contributed by atoms with Gasteiger partial charge in [-0.05, 0) is 12.5 Å². The average molecular weight is 220 g/mol. The molecule has 0 spiro atoms. The predicted molar refractivity (Wildman–Crippen MR) is 67.7 cm³/mol. The summed E-state index contributed by atoms with van der Waals surface area (Å²) in [6.07, 6.45) is 0. The molecule has 3 nitrogen and oxygen atoms in total. The Hall–Kier alpha value is -1.35. The third-order valence-corrected chi connectivity index (χ3v) is 2.14. The zero-order chi connectivity index (χ0) is 11.8. The van der Waals surface area contributed by atoms with E-state index in [2.05, 4.69) is 24.3 Å². The molecule has 0 aliphatic heterocycles. The number of nitrogens with zero attached hydrogens (tertiary/aromatic N) is 1. The second-order valence-corrected chi connectivity index (χ2v) is 3.98. The first kappa shape index (κ1) is 12.7. The smallest absolute Gasteiger partial charge is 0.129 e. The number of benzene rings is 1. The summed E-state index contributed by atoms with van der Waals surface area (Å²) < 4.78 is 0. The van der Waals surface area contributed by atoms with Gasteiger partial charge in [-0.2, -0.15) is 0 Å². The third kappa shape index (κ3) is 4.94. The van der Waals surface area contributed by atoms with Crippen LogP contribution in [0.1, 0.15) is 26.3 Å². The van der Waals surface area contributed by atoms with Crippen LogP contribution in [-0.4, -0.2) is 24.9 Å². The van der Waals surface area contributed by atoms with Gasteiger partial charge in [0.25, 0.3) is 0 Å².